The lowest BCUT2D eigenvalue weighted by atomic mass is 10.1. The third-order valence-corrected chi connectivity index (χ3v) is 5.41. The summed E-state index contributed by atoms with van der Waals surface area (Å²) in [6.45, 7) is 6.60. The van der Waals surface area contributed by atoms with Gasteiger partial charge in [0, 0.05) is 32.2 Å². The summed E-state index contributed by atoms with van der Waals surface area (Å²) < 4.78 is 37.7. The zero-order chi connectivity index (χ0) is 20.7. The summed E-state index contributed by atoms with van der Waals surface area (Å²) in [5.74, 6) is 0.660. The van der Waals surface area contributed by atoms with Gasteiger partial charge in [0.1, 0.15) is 0 Å². The Morgan fingerprint density at radius 1 is 1.07 bits per heavy atom. The van der Waals surface area contributed by atoms with Crippen LogP contribution in [0.25, 0.3) is 0 Å². The monoisotopic (exact) mass is 411 g/mol. The van der Waals surface area contributed by atoms with Crippen molar-refractivity contribution in [2.75, 3.05) is 39.3 Å². The first-order valence-electron chi connectivity index (χ1n) is 10.6. The van der Waals surface area contributed by atoms with Crippen molar-refractivity contribution < 1.29 is 13.2 Å². The molecule has 3 rings (SSSR count). The van der Waals surface area contributed by atoms with Crippen molar-refractivity contribution in [3.05, 3.63) is 35.4 Å². The van der Waals surface area contributed by atoms with Gasteiger partial charge in [0.15, 0.2) is 5.96 Å². The molecule has 1 atom stereocenters. The molecule has 1 aromatic rings. The lowest BCUT2D eigenvalue weighted by Crippen LogP contribution is -2.45. The first-order chi connectivity index (χ1) is 13.9. The maximum absolute atomic E-state index is 12.6. The summed E-state index contributed by atoms with van der Waals surface area (Å²) in [4.78, 5) is 8.54. The van der Waals surface area contributed by atoms with E-state index in [-0.39, 0.29) is 6.04 Å². The molecular weight excluding hydrogens is 379 g/mol. The molecule has 0 saturated carbocycles. The van der Waals surface area contributed by atoms with Crippen LogP contribution < -0.4 is 10.6 Å². The number of hydrogen-bond acceptors (Lipinski definition) is 3. The second kappa shape index (κ2) is 10.3. The number of nitrogens with zero attached hydrogens (tertiary/aromatic N) is 3. The van der Waals surface area contributed by atoms with Crippen molar-refractivity contribution in [2.45, 2.75) is 51.5 Å². The predicted octanol–water partition coefficient (Wildman–Crippen LogP) is 2.97. The first-order valence-corrected chi connectivity index (χ1v) is 10.6. The highest BCUT2D eigenvalue weighted by atomic mass is 19.4. The quantitative estimate of drug-likeness (QED) is 0.535. The Morgan fingerprint density at radius 2 is 1.76 bits per heavy atom. The molecule has 8 heteroatoms. The number of alkyl halides is 3. The summed E-state index contributed by atoms with van der Waals surface area (Å²) in [6.07, 6.45) is -0.871. The molecule has 0 bridgehead atoms. The molecule has 29 heavy (non-hydrogen) atoms. The zero-order valence-corrected chi connectivity index (χ0v) is 17.1. The molecule has 162 valence electrons. The van der Waals surface area contributed by atoms with E-state index in [2.05, 4.69) is 44.8 Å². The molecule has 2 aliphatic heterocycles. The number of likely N-dealkylation sites (tertiary alicyclic amines) is 2. The summed E-state index contributed by atoms with van der Waals surface area (Å²) in [6, 6.07) is 8.53. The molecule has 2 N–H and O–H groups in total. The molecular formula is C21H32F3N5. The number of aliphatic imine (C=N–C) groups is 1. The van der Waals surface area contributed by atoms with Gasteiger partial charge in [0.05, 0.1) is 13.1 Å². The number of nitrogens with one attached hydrogen (secondary N) is 2. The molecule has 2 heterocycles. The summed E-state index contributed by atoms with van der Waals surface area (Å²) in [5, 5.41) is 6.48. The third-order valence-electron chi connectivity index (χ3n) is 5.41. The third kappa shape index (κ3) is 7.51. The van der Waals surface area contributed by atoms with Crippen LogP contribution in [0.15, 0.2) is 29.3 Å². The summed E-state index contributed by atoms with van der Waals surface area (Å²) in [7, 11) is 0. The largest absolute Gasteiger partial charge is 0.401 e. The standard InChI is InChI=1S/C21H32F3N5/c1-2-25-20(27-19-9-12-29(15-19)16-21(22,23)24)26-13-17-5-7-18(8-6-17)14-28-10-3-4-11-28/h5-8,19H,2-4,9-16H2,1H3,(H2,25,26,27). The average molecular weight is 412 g/mol. The van der Waals surface area contributed by atoms with E-state index in [4.69, 9.17) is 0 Å². The Hall–Kier alpha value is -1.80. The van der Waals surface area contributed by atoms with Gasteiger partial charge in [-0.1, -0.05) is 24.3 Å². The van der Waals surface area contributed by atoms with Crippen molar-refractivity contribution in [1.82, 2.24) is 20.4 Å². The lowest BCUT2D eigenvalue weighted by molar-refractivity contribution is -0.143. The van der Waals surface area contributed by atoms with E-state index in [1.165, 1.54) is 36.4 Å². The highest BCUT2D eigenvalue weighted by molar-refractivity contribution is 5.80. The van der Waals surface area contributed by atoms with Gasteiger partial charge in [-0.3, -0.25) is 9.80 Å². The average Bonchev–Trinajstić information content (AvgIpc) is 3.32. The normalized spacial score (nSPS) is 21.7. The molecule has 0 radical (unpaired) electrons. The molecule has 2 saturated heterocycles. The van der Waals surface area contributed by atoms with Gasteiger partial charge < -0.3 is 10.6 Å². The molecule has 0 aliphatic carbocycles. The number of hydrogen-bond donors (Lipinski definition) is 2. The molecule has 0 spiro atoms. The number of benzene rings is 1. The molecule has 2 aliphatic rings. The minimum atomic E-state index is -4.14. The van der Waals surface area contributed by atoms with Gasteiger partial charge in [0.2, 0.25) is 0 Å². The van der Waals surface area contributed by atoms with E-state index >= 15 is 0 Å². The van der Waals surface area contributed by atoms with Gasteiger partial charge in [0.25, 0.3) is 0 Å². The Kier molecular flexibility index (Phi) is 7.77. The Balaban J connectivity index is 1.49. The first kappa shape index (κ1) is 21.9. The molecule has 1 unspecified atom stereocenters. The Labute approximate surface area is 171 Å². The highest BCUT2D eigenvalue weighted by Gasteiger charge is 2.34. The minimum absolute atomic E-state index is 0.0158. The SMILES string of the molecule is CCNC(=NCc1ccc(CN2CCCC2)cc1)NC1CCN(CC(F)(F)F)C1. The van der Waals surface area contributed by atoms with Gasteiger partial charge in [-0.15, -0.1) is 0 Å². The van der Waals surface area contributed by atoms with Crippen molar-refractivity contribution in [3.63, 3.8) is 0 Å². The van der Waals surface area contributed by atoms with Crippen molar-refractivity contribution >= 4 is 5.96 Å². The van der Waals surface area contributed by atoms with Crippen LogP contribution in [0.3, 0.4) is 0 Å². The Bertz CT molecular complexity index is 653. The van der Waals surface area contributed by atoms with Crippen molar-refractivity contribution in [1.29, 1.82) is 0 Å². The van der Waals surface area contributed by atoms with Gasteiger partial charge in [-0.2, -0.15) is 13.2 Å². The van der Waals surface area contributed by atoms with E-state index in [1.807, 2.05) is 6.92 Å². The van der Waals surface area contributed by atoms with Crippen LogP contribution in [-0.4, -0.2) is 67.2 Å². The van der Waals surface area contributed by atoms with Gasteiger partial charge in [-0.25, -0.2) is 4.99 Å². The van der Waals surface area contributed by atoms with Crippen molar-refractivity contribution in [3.8, 4) is 0 Å². The van der Waals surface area contributed by atoms with Crippen LogP contribution in [0.2, 0.25) is 0 Å². The van der Waals surface area contributed by atoms with E-state index in [9.17, 15) is 13.2 Å². The fourth-order valence-electron chi connectivity index (χ4n) is 3.98. The van der Waals surface area contributed by atoms with Crippen LogP contribution in [0.4, 0.5) is 13.2 Å². The molecule has 2 fully saturated rings. The zero-order valence-electron chi connectivity index (χ0n) is 17.1. The van der Waals surface area contributed by atoms with Crippen LogP contribution in [0, 0.1) is 0 Å². The highest BCUT2D eigenvalue weighted by Crippen LogP contribution is 2.20. The topological polar surface area (TPSA) is 42.9 Å². The van der Waals surface area contributed by atoms with E-state index in [0.717, 1.165) is 12.1 Å². The number of halogens is 3. The van der Waals surface area contributed by atoms with E-state index < -0.39 is 12.7 Å². The number of rotatable bonds is 7. The fourth-order valence-corrected chi connectivity index (χ4v) is 3.98. The molecule has 5 nitrogen and oxygen atoms in total. The minimum Gasteiger partial charge on any atom is -0.357 e. The van der Waals surface area contributed by atoms with Crippen molar-refractivity contribution in [2.24, 2.45) is 4.99 Å². The summed E-state index contributed by atoms with van der Waals surface area (Å²) in [5.41, 5.74) is 2.44. The molecule has 1 aromatic carbocycles. The fraction of sp³-hybridized carbons (Fsp3) is 0.667. The van der Waals surface area contributed by atoms with E-state index in [0.29, 0.717) is 38.6 Å². The maximum Gasteiger partial charge on any atom is 0.401 e. The maximum atomic E-state index is 12.6. The van der Waals surface area contributed by atoms with Crippen LogP contribution in [-0.2, 0) is 13.1 Å². The predicted molar refractivity (Wildman–Crippen MR) is 110 cm³/mol. The molecule has 0 amide bonds. The van der Waals surface area contributed by atoms with Crippen LogP contribution in [0.1, 0.15) is 37.3 Å². The van der Waals surface area contributed by atoms with E-state index in [1.54, 1.807) is 0 Å². The second-order valence-corrected chi connectivity index (χ2v) is 7.98. The smallest absolute Gasteiger partial charge is 0.357 e. The van der Waals surface area contributed by atoms with Crippen LogP contribution >= 0.6 is 0 Å². The van der Waals surface area contributed by atoms with Crippen LogP contribution in [0.5, 0.6) is 0 Å². The van der Waals surface area contributed by atoms with Gasteiger partial charge >= 0.3 is 6.18 Å². The summed E-state index contributed by atoms with van der Waals surface area (Å²) >= 11 is 0. The number of guanidine groups is 1. The second-order valence-electron chi connectivity index (χ2n) is 7.98. The Morgan fingerprint density at radius 3 is 2.41 bits per heavy atom. The molecule has 0 aromatic heterocycles. The van der Waals surface area contributed by atoms with Gasteiger partial charge in [-0.05, 0) is 50.4 Å². The lowest BCUT2D eigenvalue weighted by Gasteiger charge is -2.19.